The van der Waals surface area contributed by atoms with E-state index in [1.54, 1.807) is 35.0 Å². The number of aromatic nitrogens is 5. The third kappa shape index (κ3) is 3.43. The number of pyridine rings is 2. The molecule has 0 spiro atoms. The minimum absolute atomic E-state index is 0.258. The van der Waals surface area contributed by atoms with E-state index in [9.17, 15) is 10.0 Å². The highest BCUT2D eigenvalue weighted by molar-refractivity contribution is 6.34. The molecule has 0 aliphatic heterocycles. The maximum absolute atomic E-state index is 11.9. The van der Waals surface area contributed by atoms with Crippen LogP contribution in [0.1, 0.15) is 15.9 Å². The first kappa shape index (κ1) is 19.0. The number of nitrogens with zero attached hydrogens (tertiary/aromatic N) is 5. The van der Waals surface area contributed by atoms with Crippen LogP contribution < -0.4 is 10.5 Å². The van der Waals surface area contributed by atoms with Crippen LogP contribution in [-0.2, 0) is 6.54 Å². The number of carbonyl (C=O) groups excluding carboxylic acids is 1. The van der Waals surface area contributed by atoms with Crippen LogP contribution in [0.3, 0.4) is 0 Å². The monoisotopic (exact) mass is 430 g/mol. The Balaban J connectivity index is 1.52. The second-order valence-corrected chi connectivity index (χ2v) is 7.48. The molecule has 0 saturated carbocycles. The lowest BCUT2D eigenvalue weighted by Crippen LogP contribution is -2.25. The predicted molar refractivity (Wildman–Crippen MR) is 116 cm³/mol. The number of nitrogens with two attached hydrogens (primary N) is 1. The molecule has 5 rings (SSSR count). The average molecular weight is 431 g/mol. The van der Waals surface area contributed by atoms with Crippen molar-refractivity contribution in [1.82, 2.24) is 20.0 Å². The van der Waals surface area contributed by atoms with E-state index in [4.69, 9.17) is 22.3 Å². The normalized spacial score (nSPS) is 11.3. The Hall–Kier alpha value is -4.04. The van der Waals surface area contributed by atoms with Gasteiger partial charge in [0, 0.05) is 23.1 Å². The highest BCUT2D eigenvalue weighted by Gasteiger charge is 2.13. The molecule has 5 aromatic rings. The number of amides is 1. The molecule has 0 unspecified atom stereocenters. The minimum atomic E-state index is -0.583. The molecule has 3 aromatic heterocycles. The van der Waals surface area contributed by atoms with Crippen molar-refractivity contribution in [3.05, 3.63) is 88.2 Å². The Morgan fingerprint density at radius 1 is 1.13 bits per heavy atom. The van der Waals surface area contributed by atoms with E-state index in [1.807, 2.05) is 30.3 Å². The van der Waals surface area contributed by atoms with E-state index in [1.165, 1.54) is 6.20 Å². The number of rotatable bonds is 4. The summed E-state index contributed by atoms with van der Waals surface area (Å²) in [5.74, 6) is -0.583. The molecule has 9 heteroatoms. The van der Waals surface area contributed by atoms with Gasteiger partial charge in [0.25, 0.3) is 0 Å². The Labute approximate surface area is 181 Å². The second kappa shape index (κ2) is 7.33. The maximum Gasteiger partial charge on any atom is 0.250 e. The number of benzene rings is 2. The fourth-order valence-corrected chi connectivity index (χ4v) is 3.78. The Morgan fingerprint density at radius 2 is 2.00 bits per heavy atom. The molecule has 0 aliphatic rings. The van der Waals surface area contributed by atoms with Crippen molar-refractivity contribution in [3.8, 4) is 11.3 Å². The summed E-state index contributed by atoms with van der Waals surface area (Å²) in [6.45, 7) is 0.442. The summed E-state index contributed by atoms with van der Waals surface area (Å²) in [6, 6.07) is 17.9. The van der Waals surface area contributed by atoms with Gasteiger partial charge in [0.15, 0.2) is 11.8 Å². The topological polar surface area (TPSA) is 114 Å². The van der Waals surface area contributed by atoms with Gasteiger partial charge < -0.3 is 10.9 Å². The highest BCUT2D eigenvalue weighted by atomic mass is 35.5. The van der Waals surface area contributed by atoms with E-state index in [0.29, 0.717) is 28.9 Å². The summed E-state index contributed by atoms with van der Waals surface area (Å²) < 4.78 is 2.54. The van der Waals surface area contributed by atoms with Crippen molar-refractivity contribution < 1.29 is 9.52 Å². The Kier molecular flexibility index (Phi) is 4.48. The molecule has 0 aliphatic carbocycles. The number of hydrogen-bond acceptors (Lipinski definition) is 5. The van der Waals surface area contributed by atoms with Crippen LogP contribution in [0.5, 0.6) is 0 Å². The fourth-order valence-electron chi connectivity index (χ4n) is 3.51. The number of halogens is 1. The van der Waals surface area contributed by atoms with Crippen LogP contribution in [0.15, 0.2) is 66.9 Å². The molecule has 0 bridgehead atoms. The lowest BCUT2D eigenvalue weighted by Gasteiger charge is -2.07. The van der Waals surface area contributed by atoms with E-state index >= 15 is 0 Å². The molecule has 3 heterocycles. The summed E-state index contributed by atoms with van der Waals surface area (Å²) in [5, 5.41) is 21.4. The Morgan fingerprint density at radius 3 is 2.81 bits per heavy atom. The number of hydrogen-bond donors (Lipinski definition) is 1. The van der Waals surface area contributed by atoms with Gasteiger partial charge in [-0.3, -0.25) is 4.79 Å². The summed E-state index contributed by atoms with van der Waals surface area (Å²) in [6.07, 6.45) is 1.47. The van der Waals surface area contributed by atoms with Crippen molar-refractivity contribution >= 4 is 39.6 Å². The lowest BCUT2D eigenvalue weighted by molar-refractivity contribution is -0.577. The molecule has 8 nitrogen and oxygen atoms in total. The first-order chi connectivity index (χ1) is 15.0. The first-order valence-corrected chi connectivity index (χ1v) is 9.78. The SMILES string of the molecule is NC(=O)c1ccc(-c2ccc3nnn(Cc4ccc5c(ccc[n+]5[O-])c4)c3n2)cc1Cl. The molecule has 31 heavy (non-hydrogen) atoms. The number of carbonyl (C=O) groups is 1. The molecule has 0 saturated heterocycles. The fraction of sp³-hybridized carbons (Fsp3) is 0.0455. The van der Waals surface area contributed by atoms with E-state index in [2.05, 4.69) is 10.3 Å². The molecule has 152 valence electrons. The van der Waals surface area contributed by atoms with Gasteiger partial charge in [-0.2, -0.15) is 4.73 Å². The predicted octanol–water partition coefficient (Wildman–Crippen LogP) is 3.08. The lowest BCUT2D eigenvalue weighted by atomic mass is 10.1. The summed E-state index contributed by atoms with van der Waals surface area (Å²) in [7, 11) is 0. The van der Waals surface area contributed by atoms with Crippen LogP contribution >= 0.6 is 11.6 Å². The zero-order valence-electron chi connectivity index (χ0n) is 16.1. The summed E-state index contributed by atoms with van der Waals surface area (Å²) in [4.78, 5) is 16.1. The smallest absolute Gasteiger partial charge is 0.250 e. The average Bonchev–Trinajstić information content (AvgIpc) is 3.15. The maximum atomic E-state index is 11.9. The van der Waals surface area contributed by atoms with Gasteiger partial charge >= 0.3 is 0 Å². The van der Waals surface area contributed by atoms with Gasteiger partial charge in [0.1, 0.15) is 5.52 Å². The van der Waals surface area contributed by atoms with E-state index in [0.717, 1.165) is 21.2 Å². The van der Waals surface area contributed by atoms with Crippen molar-refractivity contribution in [1.29, 1.82) is 0 Å². The highest BCUT2D eigenvalue weighted by Crippen LogP contribution is 2.26. The first-order valence-electron chi connectivity index (χ1n) is 9.40. The van der Waals surface area contributed by atoms with E-state index < -0.39 is 5.91 Å². The molecule has 2 aromatic carbocycles. The minimum Gasteiger partial charge on any atom is -0.618 e. The quantitative estimate of drug-likeness (QED) is 0.347. The third-order valence-electron chi connectivity index (χ3n) is 5.05. The molecule has 1 amide bonds. The largest absolute Gasteiger partial charge is 0.618 e. The van der Waals surface area contributed by atoms with Gasteiger partial charge in [0.2, 0.25) is 11.4 Å². The van der Waals surface area contributed by atoms with E-state index in [-0.39, 0.29) is 10.6 Å². The van der Waals surface area contributed by atoms with Crippen molar-refractivity contribution in [3.63, 3.8) is 0 Å². The zero-order chi connectivity index (χ0) is 21.5. The molecule has 0 atom stereocenters. The van der Waals surface area contributed by atoms with Gasteiger partial charge in [-0.1, -0.05) is 28.9 Å². The van der Waals surface area contributed by atoms with Crippen LogP contribution in [0.4, 0.5) is 0 Å². The second-order valence-electron chi connectivity index (χ2n) is 7.07. The molecule has 0 fully saturated rings. The molecular weight excluding hydrogens is 416 g/mol. The number of fused-ring (bicyclic) bond motifs is 2. The van der Waals surface area contributed by atoms with Gasteiger partial charge in [-0.15, -0.1) is 5.10 Å². The molecular formula is C22H15ClN6O2. The molecule has 2 N–H and O–H groups in total. The third-order valence-corrected chi connectivity index (χ3v) is 5.36. The van der Waals surface area contributed by atoms with Gasteiger partial charge in [-0.05, 0) is 42.0 Å². The van der Waals surface area contributed by atoms with Crippen molar-refractivity contribution in [2.45, 2.75) is 6.54 Å². The standard InChI is InChI=1S/C22H15ClN6O2/c23-17-11-14(4-5-16(17)21(24)30)18-6-7-19-22(25-18)28(27-26-19)12-13-3-8-20-15(10-13)2-1-9-29(20)31/h1-11H,12H2,(H2,24,30). The summed E-state index contributed by atoms with van der Waals surface area (Å²) in [5.41, 5.74) is 9.83. The van der Waals surface area contributed by atoms with Crippen molar-refractivity contribution in [2.75, 3.05) is 0 Å². The van der Waals surface area contributed by atoms with Crippen LogP contribution in [0.25, 0.3) is 33.3 Å². The zero-order valence-corrected chi connectivity index (χ0v) is 16.8. The Bertz CT molecular complexity index is 1480. The number of primary amides is 1. The van der Waals surface area contributed by atoms with Crippen LogP contribution in [0, 0.1) is 5.21 Å². The molecule has 0 radical (unpaired) electrons. The van der Waals surface area contributed by atoms with Gasteiger partial charge in [0.05, 0.1) is 22.8 Å². The summed E-state index contributed by atoms with van der Waals surface area (Å²) >= 11 is 6.19. The van der Waals surface area contributed by atoms with Gasteiger partial charge in [-0.25, -0.2) is 9.67 Å². The van der Waals surface area contributed by atoms with Crippen LogP contribution in [-0.4, -0.2) is 25.9 Å². The van der Waals surface area contributed by atoms with Crippen LogP contribution in [0.2, 0.25) is 5.02 Å². The van der Waals surface area contributed by atoms with Crippen molar-refractivity contribution in [2.24, 2.45) is 5.73 Å².